The van der Waals surface area contributed by atoms with Gasteiger partial charge >= 0.3 is 0 Å². The molecule has 6 nitrogen and oxygen atoms in total. The number of nitrogens with zero attached hydrogens (tertiary/aromatic N) is 2. The highest BCUT2D eigenvalue weighted by Gasteiger charge is 2.42. The van der Waals surface area contributed by atoms with Gasteiger partial charge < -0.3 is 15.0 Å². The van der Waals surface area contributed by atoms with Gasteiger partial charge in [0.15, 0.2) is 0 Å². The third-order valence-corrected chi connectivity index (χ3v) is 6.57. The average Bonchev–Trinajstić information content (AvgIpc) is 3.41. The second kappa shape index (κ2) is 8.20. The Morgan fingerprint density at radius 1 is 1.17 bits per heavy atom. The van der Waals surface area contributed by atoms with Crippen LogP contribution < -0.4 is 5.32 Å². The van der Waals surface area contributed by atoms with Crippen LogP contribution in [0.25, 0.3) is 10.9 Å². The largest absolute Gasteiger partial charge is 0.370 e. The van der Waals surface area contributed by atoms with E-state index < -0.39 is 0 Å². The van der Waals surface area contributed by atoms with E-state index in [2.05, 4.69) is 32.3 Å². The fourth-order valence-corrected chi connectivity index (χ4v) is 4.78. The number of likely N-dealkylation sites (tertiary alicyclic amines) is 1. The zero-order valence-corrected chi connectivity index (χ0v) is 17.1. The van der Waals surface area contributed by atoms with Gasteiger partial charge in [-0.15, -0.1) is 0 Å². The highest BCUT2D eigenvalue weighted by atomic mass is 16.5. The van der Waals surface area contributed by atoms with Gasteiger partial charge in [-0.2, -0.15) is 0 Å². The van der Waals surface area contributed by atoms with E-state index in [1.54, 1.807) is 0 Å². The van der Waals surface area contributed by atoms with Gasteiger partial charge in [0, 0.05) is 61.2 Å². The SMILES string of the molecule is O=C(NC[C@H]1CCC2(CCN(Cc3ccncc3)CC2)O1)c1ccc2[nH]ccc2c1. The number of carbonyl (C=O) groups is 1. The standard InChI is InChI=1S/C24H28N4O2/c29-23(20-1-2-22-19(15-20)6-12-26-22)27-16-21-3-7-24(30-21)8-13-28(14-9-24)17-18-4-10-25-11-5-18/h1-2,4-6,10-12,15,21,26H,3,7-9,13-14,16-17H2,(H,27,29)/t21-/m1/s1. The number of carbonyl (C=O) groups excluding carboxylic acids is 1. The molecule has 1 atom stereocenters. The summed E-state index contributed by atoms with van der Waals surface area (Å²) in [6.07, 6.45) is 9.94. The Kier molecular flexibility index (Phi) is 5.27. The van der Waals surface area contributed by atoms with E-state index in [1.165, 1.54) is 5.56 Å². The predicted molar refractivity (Wildman–Crippen MR) is 116 cm³/mol. The van der Waals surface area contributed by atoms with Crippen LogP contribution in [0.5, 0.6) is 0 Å². The van der Waals surface area contributed by atoms with Crippen molar-refractivity contribution in [2.45, 2.75) is 43.9 Å². The maximum absolute atomic E-state index is 12.6. The first kappa shape index (κ1) is 19.3. The molecule has 0 radical (unpaired) electrons. The number of aromatic nitrogens is 2. The van der Waals surface area contributed by atoms with Gasteiger partial charge in [0.25, 0.3) is 5.91 Å². The summed E-state index contributed by atoms with van der Waals surface area (Å²) in [6.45, 7) is 3.66. The Morgan fingerprint density at radius 2 is 2.00 bits per heavy atom. The topological polar surface area (TPSA) is 70.2 Å². The van der Waals surface area contributed by atoms with E-state index in [9.17, 15) is 4.79 Å². The maximum Gasteiger partial charge on any atom is 0.251 e. The molecule has 2 N–H and O–H groups in total. The minimum absolute atomic E-state index is 0.00578. The van der Waals surface area contributed by atoms with E-state index >= 15 is 0 Å². The van der Waals surface area contributed by atoms with Crippen LogP contribution in [0, 0.1) is 0 Å². The van der Waals surface area contributed by atoms with Crippen LogP contribution in [0.15, 0.2) is 55.0 Å². The summed E-state index contributed by atoms with van der Waals surface area (Å²) in [5, 5.41) is 4.12. The highest BCUT2D eigenvalue weighted by Crippen LogP contribution is 2.39. The Balaban J connectivity index is 1.10. The molecule has 2 aliphatic heterocycles. The molecular formula is C24H28N4O2. The molecule has 156 valence electrons. The molecule has 6 heteroatoms. The van der Waals surface area contributed by atoms with Crippen LogP contribution in [-0.4, -0.2) is 52.1 Å². The summed E-state index contributed by atoms with van der Waals surface area (Å²) < 4.78 is 6.48. The molecule has 2 aromatic heterocycles. The summed E-state index contributed by atoms with van der Waals surface area (Å²) in [5.41, 5.74) is 3.04. The molecular weight excluding hydrogens is 376 g/mol. The maximum atomic E-state index is 12.6. The lowest BCUT2D eigenvalue weighted by molar-refractivity contribution is -0.0764. The first-order valence-corrected chi connectivity index (χ1v) is 10.8. The number of hydrogen-bond acceptors (Lipinski definition) is 4. The zero-order chi connectivity index (χ0) is 20.4. The Bertz CT molecular complexity index is 1010. The summed E-state index contributed by atoms with van der Waals surface area (Å²) in [5.74, 6) is -0.0326. The fraction of sp³-hybridized carbons (Fsp3) is 0.417. The molecule has 0 bridgehead atoms. The molecule has 2 fully saturated rings. The minimum Gasteiger partial charge on any atom is -0.370 e. The number of rotatable bonds is 5. The summed E-state index contributed by atoms with van der Waals surface area (Å²) in [4.78, 5) is 22.3. The third kappa shape index (κ3) is 4.11. The lowest BCUT2D eigenvalue weighted by Crippen LogP contribution is -2.44. The lowest BCUT2D eigenvalue weighted by Gasteiger charge is -2.39. The number of benzene rings is 1. The number of pyridine rings is 1. The predicted octanol–water partition coefficient (Wildman–Crippen LogP) is 3.51. The van der Waals surface area contributed by atoms with Gasteiger partial charge in [-0.3, -0.25) is 14.7 Å². The van der Waals surface area contributed by atoms with Gasteiger partial charge in [0.2, 0.25) is 0 Å². The van der Waals surface area contributed by atoms with Crippen molar-refractivity contribution < 1.29 is 9.53 Å². The van der Waals surface area contributed by atoms with Crippen molar-refractivity contribution in [2.75, 3.05) is 19.6 Å². The van der Waals surface area contributed by atoms with E-state index in [1.807, 2.05) is 42.9 Å². The monoisotopic (exact) mass is 404 g/mol. The molecule has 2 saturated heterocycles. The van der Waals surface area contributed by atoms with Crippen molar-refractivity contribution in [2.24, 2.45) is 0 Å². The second-order valence-electron chi connectivity index (χ2n) is 8.58. The Morgan fingerprint density at radius 3 is 2.83 bits per heavy atom. The molecule has 1 spiro atoms. The van der Waals surface area contributed by atoms with E-state index in [0.717, 1.165) is 56.2 Å². The number of ether oxygens (including phenoxy) is 1. The molecule has 0 saturated carbocycles. The second-order valence-corrected chi connectivity index (χ2v) is 8.58. The number of aromatic amines is 1. The van der Waals surface area contributed by atoms with Gasteiger partial charge in [0.05, 0.1) is 11.7 Å². The Hall–Kier alpha value is -2.70. The molecule has 2 aliphatic rings. The van der Waals surface area contributed by atoms with Crippen molar-refractivity contribution in [1.29, 1.82) is 0 Å². The number of hydrogen-bond donors (Lipinski definition) is 2. The molecule has 0 unspecified atom stereocenters. The van der Waals surface area contributed by atoms with Crippen molar-refractivity contribution in [1.82, 2.24) is 20.2 Å². The first-order valence-electron chi connectivity index (χ1n) is 10.8. The van der Waals surface area contributed by atoms with Crippen LogP contribution in [0.3, 0.4) is 0 Å². The molecule has 1 amide bonds. The zero-order valence-electron chi connectivity index (χ0n) is 17.1. The number of H-pyrrole nitrogens is 1. The van der Waals surface area contributed by atoms with Gasteiger partial charge in [-0.25, -0.2) is 0 Å². The van der Waals surface area contributed by atoms with Gasteiger partial charge in [-0.05, 0) is 67.6 Å². The van der Waals surface area contributed by atoms with Crippen LogP contribution in [0.4, 0.5) is 0 Å². The minimum atomic E-state index is -0.0326. The van der Waals surface area contributed by atoms with Gasteiger partial charge in [0.1, 0.15) is 0 Å². The molecule has 0 aliphatic carbocycles. The highest BCUT2D eigenvalue weighted by molar-refractivity contribution is 5.98. The van der Waals surface area contributed by atoms with Crippen LogP contribution in [0.1, 0.15) is 41.6 Å². The fourth-order valence-electron chi connectivity index (χ4n) is 4.78. The van der Waals surface area contributed by atoms with Crippen LogP contribution >= 0.6 is 0 Å². The van der Waals surface area contributed by atoms with Crippen molar-refractivity contribution >= 4 is 16.8 Å². The Labute approximate surface area is 176 Å². The van der Waals surface area contributed by atoms with Crippen molar-refractivity contribution in [3.8, 4) is 0 Å². The molecule has 4 heterocycles. The van der Waals surface area contributed by atoms with E-state index in [-0.39, 0.29) is 17.6 Å². The van der Waals surface area contributed by atoms with Crippen molar-refractivity contribution in [3.05, 3.63) is 66.1 Å². The van der Waals surface area contributed by atoms with Gasteiger partial charge in [-0.1, -0.05) is 0 Å². The number of fused-ring (bicyclic) bond motifs is 1. The van der Waals surface area contributed by atoms with Crippen molar-refractivity contribution in [3.63, 3.8) is 0 Å². The summed E-state index contributed by atoms with van der Waals surface area (Å²) >= 11 is 0. The number of nitrogens with one attached hydrogen (secondary N) is 2. The molecule has 1 aromatic carbocycles. The normalized spacial score (nSPS) is 21.3. The number of piperidine rings is 1. The third-order valence-electron chi connectivity index (χ3n) is 6.57. The summed E-state index contributed by atoms with van der Waals surface area (Å²) in [7, 11) is 0. The quantitative estimate of drug-likeness (QED) is 0.683. The number of amides is 1. The smallest absolute Gasteiger partial charge is 0.251 e. The van der Waals surface area contributed by atoms with Crippen LogP contribution in [-0.2, 0) is 11.3 Å². The molecule has 3 aromatic rings. The summed E-state index contributed by atoms with van der Waals surface area (Å²) in [6, 6.07) is 11.9. The molecule has 5 rings (SSSR count). The molecule has 30 heavy (non-hydrogen) atoms. The van der Waals surface area contributed by atoms with E-state index in [0.29, 0.717) is 12.1 Å². The average molecular weight is 405 g/mol. The first-order chi connectivity index (χ1) is 14.7. The van der Waals surface area contributed by atoms with E-state index in [4.69, 9.17) is 4.74 Å². The lowest BCUT2D eigenvalue weighted by atomic mass is 9.88. The van der Waals surface area contributed by atoms with Crippen LogP contribution in [0.2, 0.25) is 0 Å².